The fourth-order valence-electron chi connectivity index (χ4n) is 9.58. The Hall–Kier alpha value is -7.27. The largest absolute Gasteiger partial charge is 0.456 e. The molecule has 0 N–H and O–H groups in total. The van der Waals surface area contributed by atoms with Crippen molar-refractivity contribution in [2.75, 3.05) is 9.80 Å². The Kier molecular flexibility index (Phi) is 8.13. The van der Waals surface area contributed by atoms with Crippen LogP contribution < -0.4 is 9.80 Å². The van der Waals surface area contributed by atoms with Gasteiger partial charge in [-0.15, -0.1) is 0 Å². The zero-order valence-corrected chi connectivity index (χ0v) is 34.7. The summed E-state index contributed by atoms with van der Waals surface area (Å²) in [5, 5.41) is 2.28. The highest BCUT2D eigenvalue weighted by atomic mass is 32.2. The number of furan rings is 1. The van der Waals surface area contributed by atoms with Crippen molar-refractivity contribution in [1.82, 2.24) is 0 Å². The molecule has 4 heteroatoms. The van der Waals surface area contributed by atoms with Gasteiger partial charge in [0.15, 0.2) is 0 Å². The van der Waals surface area contributed by atoms with Gasteiger partial charge in [-0.2, -0.15) is 0 Å². The number of nitrogens with zero attached hydrogens (tertiary/aromatic N) is 2. The molecular weight excluding hydrogens is 761 g/mol. The maximum Gasteiger partial charge on any atom is 0.135 e. The smallest absolute Gasteiger partial charge is 0.135 e. The Morgan fingerprint density at radius 3 is 1.82 bits per heavy atom. The van der Waals surface area contributed by atoms with E-state index in [1.807, 2.05) is 23.9 Å². The van der Waals surface area contributed by atoms with E-state index in [9.17, 15) is 0 Å². The van der Waals surface area contributed by atoms with E-state index in [1.165, 1.54) is 54.5 Å². The van der Waals surface area contributed by atoms with Gasteiger partial charge in [-0.3, -0.25) is 0 Å². The number of anilines is 6. The number of para-hydroxylation sites is 3. The van der Waals surface area contributed by atoms with E-state index < -0.39 is 0 Å². The molecule has 0 spiro atoms. The highest BCUT2D eigenvalue weighted by Gasteiger charge is 2.36. The Balaban J connectivity index is 0.928. The third kappa shape index (κ3) is 5.82. The van der Waals surface area contributed by atoms with E-state index in [2.05, 4.69) is 218 Å². The third-order valence-electron chi connectivity index (χ3n) is 12.7. The molecular formula is C57H40N2OS. The van der Waals surface area contributed by atoms with Gasteiger partial charge >= 0.3 is 0 Å². The van der Waals surface area contributed by atoms with Gasteiger partial charge < -0.3 is 14.2 Å². The monoisotopic (exact) mass is 800 g/mol. The van der Waals surface area contributed by atoms with Crippen molar-refractivity contribution in [3.05, 3.63) is 217 Å². The van der Waals surface area contributed by atoms with Crippen molar-refractivity contribution in [3.8, 4) is 33.4 Å². The van der Waals surface area contributed by atoms with Gasteiger partial charge in [0.05, 0.1) is 11.4 Å². The molecule has 2 heterocycles. The summed E-state index contributed by atoms with van der Waals surface area (Å²) < 4.78 is 6.14. The lowest BCUT2D eigenvalue weighted by atomic mass is 9.82. The van der Waals surface area contributed by atoms with Crippen molar-refractivity contribution in [2.45, 2.75) is 29.1 Å². The molecule has 61 heavy (non-hydrogen) atoms. The van der Waals surface area contributed by atoms with Gasteiger partial charge in [-0.05, 0) is 136 Å². The number of hydrogen-bond acceptors (Lipinski definition) is 4. The molecule has 0 bridgehead atoms. The number of hydrogen-bond donors (Lipinski definition) is 0. The molecule has 3 nitrogen and oxygen atoms in total. The molecule has 9 aromatic carbocycles. The van der Waals surface area contributed by atoms with E-state index >= 15 is 0 Å². The summed E-state index contributed by atoms with van der Waals surface area (Å²) in [5.41, 5.74) is 18.7. The normalized spacial score (nSPS) is 13.4. The van der Waals surface area contributed by atoms with E-state index in [-0.39, 0.29) is 5.41 Å². The highest BCUT2D eigenvalue weighted by Crippen LogP contribution is 2.53. The topological polar surface area (TPSA) is 19.6 Å². The first kappa shape index (κ1) is 35.7. The Morgan fingerprint density at radius 1 is 0.426 bits per heavy atom. The standard InChI is InChI=1S/C57H40N2OS/c1-57(2)49-16-8-6-14-45(49)46-31-30-44(36-50(46)57)58(42-26-20-37(21-27-42)39-25-33-54-48(34-39)47-15-7-10-18-53(47)60-54)43-28-22-38(23-29-43)40-24-32-52-56(35-40)61-55-19-11-9-17-51(55)59(52)41-12-4-3-5-13-41/h3-36H,1-2H3. The highest BCUT2D eigenvalue weighted by molar-refractivity contribution is 7.99. The molecule has 0 atom stereocenters. The fraction of sp³-hybridized carbons (Fsp3) is 0.0526. The van der Waals surface area contributed by atoms with Crippen LogP contribution in [-0.2, 0) is 5.41 Å². The molecule has 10 aromatic rings. The summed E-state index contributed by atoms with van der Waals surface area (Å²) in [6.07, 6.45) is 0. The summed E-state index contributed by atoms with van der Waals surface area (Å²) in [6, 6.07) is 75.0. The van der Waals surface area contributed by atoms with Crippen molar-refractivity contribution >= 4 is 67.8 Å². The molecule has 0 fully saturated rings. The Morgan fingerprint density at radius 2 is 1.02 bits per heavy atom. The molecule has 1 aliphatic heterocycles. The van der Waals surface area contributed by atoms with Crippen LogP contribution in [0, 0.1) is 0 Å². The molecule has 0 radical (unpaired) electrons. The van der Waals surface area contributed by atoms with Crippen LogP contribution in [0.25, 0.3) is 55.3 Å². The quantitative estimate of drug-likeness (QED) is 0.167. The minimum absolute atomic E-state index is 0.113. The summed E-state index contributed by atoms with van der Waals surface area (Å²) in [6.45, 7) is 4.70. The van der Waals surface area contributed by atoms with Crippen LogP contribution in [-0.4, -0.2) is 0 Å². The van der Waals surface area contributed by atoms with Crippen LogP contribution in [0.15, 0.2) is 220 Å². The van der Waals surface area contributed by atoms with Crippen LogP contribution >= 0.6 is 11.8 Å². The van der Waals surface area contributed by atoms with E-state index in [0.717, 1.165) is 55.8 Å². The lowest BCUT2D eigenvalue weighted by Gasteiger charge is -2.33. The average Bonchev–Trinajstić information content (AvgIpc) is 3.80. The zero-order valence-electron chi connectivity index (χ0n) is 33.8. The SMILES string of the molecule is CC1(C)c2ccccc2-c2ccc(N(c3ccc(-c4ccc5c(c4)Sc4ccccc4N5c4ccccc4)cc3)c3ccc(-c4ccc5oc6ccccc6c5c4)cc3)cc21. The van der Waals surface area contributed by atoms with Gasteiger partial charge in [0.2, 0.25) is 0 Å². The fourth-order valence-corrected chi connectivity index (χ4v) is 10.7. The minimum atomic E-state index is -0.113. The van der Waals surface area contributed by atoms with Gasteiger partial charge in [-0.1, -0.05) is 141 Å². The first-order chi connectivity index (χ1) is 30.0. The van der Waals surface area contributed by atoms with Crippen molar-refractivity contribution < 1.29 is 4.42 Å². The summed E-state index contributed by atoms with van der Waals surface area (Å²) in [4.78, 5) is 7.28. The maximum atomic E-state index is 6.14. The molecule has 290 valence electrons. The lowest BCUT2D eigenvalue weighted by Crippen LogP contribution is -2.16. The van der Waals surface area contributed by atoms with Gasteiger partial charge in [0.25, 0.3) is 0 Å². The van der Waals surface area contributed by atoms with Crippen LogP contribution in [0.5, 0.6) is 0 Å². The summed E-state index contributed by atoms with van der Waals surface area (Å²) in [5.74, 6) is 0. The predicted molar refractivity (Wildman–Crippen MR) is 256 cm³/mol. The second kappa shape index (κ2) is 13.9. The van der Waals surface area contributed by atoms with Crippen molar-refractivity contribution in [1.29, 1.82) is 0 Å². The molecule has 1 aliphatic carbocycles. The van der Waals surface area contributed by atoms with Crippen molar-refractivity contribution in [3.63, 3.8) is 0 Å². The first-order valence-electron chi connectivity index (χ1n) is 20.9. The lowest BCUT2D eigenvalue weighted by molar-refractivity contribution is 0.660. The van der Waals surface area contributed by atoms with Gasteiger partial charge in [0.1, 0.15) is 11.2 Å². The second-order valence-corrected chi connectivity index (χ2v) is 17.6. The molecule has 2 aliphatic rings. The number of fused-ring (bicyclic) bond motifs is 8. The van der Waals surface area contributed by atoms with Gasteiger partial charge in [0, 0.05) is 48.7 Å². The average molecular weight is 801 g/mol. The van der Waals surface area contributed by atoms with Crippen LogP contribution in [0.1, 0.15) is 25.0 Å². The van der Waals surface area contributed by atoms with Crippen LogP contribution in [0.2, 0.25) is 0 Å². The Labute approximate surface area is 360 Å². The number of benzene rings is 9. The third-order valence-corrected chi connectivity index (χ3v) is 13.8. The van der Waals surface area contributed by atoms with E-state index in [1.54, 1.807) is 0 Å². The van der Waals surface area contributed by atoms with Crippen LogP contribution in [0.4, 0.5) is 34.1 Å². The maximum absolute atomic E-state index is 6.14. The molecule has 0 unspecified atom stereocenters. The van der Waals surface area contributed by atoms with Gasteiger partial charge in [-0.25, -0.2) is 0 Å². The Bertz CT molecular complexity index is 3310. The molecule has 0 saturated carbocycles. The number of rotatable bonds is 6. The molecule has 0 saturated heterocycles. The van der Waals surface area contributed by atoms with E-state index in [0.29, 0.717) is 0 Å². The molecule has 1 aromatic heterocycles. The molecule has 12 rings (SSSR count). The minimum Gasteiger partial charge on any atom is -0.456 e. The van der Waals surface area contributed by atoms with Crippen molar-refractivity contribution in [2.24, 2.45) is 0 Å². The van der Waals surface area contributed by atoms with E-state index in [4.69, 9.17) is 4.42 Å². The summed E-state index contributed by atoms with van der Waals surface area (Å²) >= 11 is 1.84. The molecule has 0 amide bonds. The summed E-state index contributed by atoms with van der Waals surface area (Å²) in [7, 11) is 0. The predicted octanol–water partition coefficient (Wildman–Crippen LogP) is 16.6. The first-order valence-corrected chi connectivity index (χ1v) is 21.7. The van der Waals surface area contributed by atoms with Crippen LogP contribution in [0.3, 0.4) is 0 Å². The second-order valence-electron chi connectivity index (χ2n) is 16.6. The zero-order chi connectivity index (χ0) is 40.7.